The molecule has 0 radical (unpaired) electrons. The van der Waals surface area contributed by atoms with Crippen LogP contribution in [-0.2, 0) is 4.79 Å². The number of fused-ring (bicyclic) bond motifs is 1. The van der Waals surface area contributed by atoms with Gasteiger partial charge in [0.05, 0.1) is 23.1 Å². The van der Waals surface area contributed by atoms with Gasteiger partial charge in [0.25, 0.3) is 5.91 Å². The Kier molecular flexibility index (Phi) is 4.87. The summed E-state index contributed by atoms with van der Waals surface area (Å²) in [4.78, 5) is 16.7. The van der Waals surface area contributed by atoms with Crippen molar-refractivity contribution in [3.05, 3.63) is 83.7 Å². The van der Waals surface area contributed by atoms with E-state index >= 15 is 0 Å². The average molecular weight is 386 g/mol. The molecule has 0 bridgehead atoms. The summed E-state index contributed by atoms with van der Waals surface area (Å²) >= 11 is 0. The number of aromatic nitrogens is 1. The first-order valence-corrected chi connectivity index (χ1v) is 9.34. The molecule has 7 heteroatoms. The first-order chi connectivity index (χ1) is 14.0. The van der Waals surface area contributed by atoms with E-state index in [0.29, 0.717) is 17.0 Å². The quantitative estimate of drug-likeness (QED) is 0.341. The van der Waals surface area contributed by atoms with Crippen LogP contribution < -0.4 is 21.7 Å². The van der Waals surface area contributed by atoms with E-state index in [0.717, 1.165) is 22.5 Å². The molecule has 3 aromatic rings. The molecule has 2 unspecified atom stereocenters. The van der Waals surface area contributed by atoms with Gasteiger partial charge in [-0.15, -0.1) is 0 Å². The Morgan fingerprint density at radius 2 is 1.76 bits per heavy atom. The van der Waals surface area contributed by atoms with Crippen LogP contribution >= 0.6 is 0 Å². The number of pyridine rings is 1. The number of nitrogens with zero attached hydrogens (tertiary/aromatic N) is 1. The molecular weight excluding hydrogens is 364 g/mol. The molecule has 0 fully saturated rings. The number of amides is 1. The lowest BCUT2D eigenvalue weighted by molar-refractivity contribution is -0.121. The standard InChI is InChI=1S/C22H22N6O/c1-13(14-5-3-2-4-6-14)26-22(29)21-27-18-11-16(17(23)12-19(18)28-21)20(24)15-7-9-25-10-8-15/h2-13,21,24,27-28H,23H2,1H3,(H,26,29). The van der Waals surface area contributed by atoms with Gasteiger partial charge in [-0.05, 0) is 36.8 Å². The minimum atomic E-state index is -0.610. The Labute approximate surface area is 168 Å². The Balaban J connectivity index is 1.49. The highest BCUT2D eigenvalue weighted by atomic mass is 16.2. The van der Waals surface area contributed by atoms with Crippen molar-refractivity contribution in [3.63, 3.8) is 0 Å². The topological polar surface area (TPSA) is 116 Å². The number of anilines is 3. The van der Waals surface area contributed by atoms with Crippen LogP contribution in [0.25, 0.3) is 0 Å². The number of benzene rings is 2. The van der Waals surface area contributed by atoms with Gasteiger partial charge in [0.2, 0.25) is 0 Å². The van der Waals surface area contributed by atoms with Crippen molar-refractivity contribution < 1.29 is 4.79 Å². The van der Waals surface area contributed by atoms with E-state index in [9.17, 15) is 4.79 Å². The van der Waals surface area contributed by atoms with E-state index in [4.69, 9.17) is 11.1 Å². The largest absolute Gasteiger partial charge is 0.398 e. The average Bonchev–Trinajstić information content (AvgIpc) is 3.17. The van der Waals surface area contributed by atoms with Crippen molar-refractivity contribution in [2.45, 2.75) is 19.1 Å². The van der Waals surface area contributed by atoms with Crippen molar-refractivity contribution in [2.75, 3.05) is 16.4 Å². The summed E-state index contributed by atoms with van der Waals surface area (Å²) < 4.78 is 0. The lowest BCUT2D eigenvalue weighted by atomic mass is 10.0. The molecule has 29 heavy (non-hydrogen) atoms. The number of nitrogens with one attached hydrogen (secondary N) is 4. The highest BCUT2D eigenvalue weighted by Crippen LogP contribution is 2.34. The van der Waals surface area contributed by atoms with Gasteiger partial charge in [-0.2, -0.15) is 0 Å². The summed E-state index contributed by atoms with van der Waals surface area (Å²) in [6.45, 7) is 1.95. The predicted molar refractivity (Wildman–Crippen MR) is 115 cm³/mol. The third-order valence-corrected chi connectivity index (χ3v) is 4.95. The molecule has 1 aliphatic heterocycles. The first-order valence-electron chi connectivity index (χ1n) is 9.34. The summed E-state index contributed by atoms with van der Waals surface area (Å²) in [5, 5.41) is 17.8. The van der Waals surface area contributed by atoms with E-state index in [-0.39, 0.29) is 11.9 Å². The number of nitrogens with two attached hydrogens (primary N) is 1. The fraction of sp³-hybridized carbons (Fsp3) is 0.136. The molecule has 146 valence electrons. The van der Waals surface area contributed by atoms with Crippen molar-refractivity contribution in [3.8, 4) is 0 Å². The van der Waals surface area contributed by atoms with Crippen molar-refractivity contribution in [1.29, 1.82) is 5.41 Å². The van der Waals surface area contributed by atoms with Crippen LogP contribution in [0.15, 0.2) is 67.0 Å². The molecule has 1 amide bonds. The Hall–Kier alpha value is -3.87. The second-order valence-electron chi connectivity index (χ2n) is 6.96. The summed E-state index contributed by atoms with van der Waals surface area (Å²) in [6, 6.07) is 16.8. The zero-order chi connectivity index (χ0) is 20.4. The number of rotatable bonds is 5. The normalized spacial score (nSPS) is 15.6. The fourth-order valence-electron chi connectivity index (χ4n) is 3.35. The molecule has 0 spiro atoms. The van der Waals surface area contributed by atoms with Gasteiger partial charge in [-0.1, -0.05) is 30.3 Å². The van der Waals surface area contributed by atoms with E-state index in [1.807, 2.05) is 37.3 Å². The Bertz CT molecular complexity index is 1050. The number of carbonyl (C=O) groups excluding carboxylic acids is 1. The zero-order valence-corrected chi connectivity index (χ0v) is 15.9. The third kappa shape index (κ3) is 3.75. The second kappa shape index (κ2) is 7.63. The number of hydrogen-bond acceptors (Lipinski definition) is 6. The van der Waals surface area contributed by atoms with Gasteiger partial charge < -0.3 is 21.7 Å². The summed E-state index contributed by atoms with van der Waals surface area (Å²) in [7, 11) is 0. The molecule has 2 aromatic carbocycles. The van der Waals surface area contributed by atoms with Crippen LogP contribution in [0.2, 0.25) is 0 Å². The summed E-state index contributed by atoms with van der Waals surface area (Å²) in [6.07, 6.45) is 2.67. The number of nitrogen functional groups attached to an aromatic ring is 1. The maximum Gasteiger partial charge on any atom is 0.263 e. The second-order valence-corrected chi connectivity index (χ2v) is 6.96. The third-order valence-electron chi connectivity index (χ3n) is 4.95. The summed E-state index contributed by atoms with van der Waals surface area (Å²) in [5.74, 6) is -0.165. The smallest absolute Gasteiger partial charge is 0.263 e. The van der Waals surface area contributed by atoms with Crippen LogP contribution in [0.4, 0.5) is 17.1 Å². The molecule has 7 nitrogen and oxygen atoms in total. The first kappa shape index (κ1) is 18.5. The van der Waals surface area contributed by atoms with E-state index in [1.165, 1.54) is 0 Å². The molecule has 1 aliphatic rings. The molecule has 1 aromatic heterocycles. The molecule has 0 aliphatic carbocycles. The fourth-order valence-corrected chi connectivity index (χ4v) is 3.35. The number of carbonyl (C=O) groups is 1. The molecular formula is C22H22N6O. The zero-order valence-electron chi connectivity index (χ0n) is 15.9. The monoisotopic (exact) mass is 386 g/mol. The van der Waals surface area contributed by atoms with Gasteiger partial charge in [0.1, 0.15) is 0 Å². The van der Waals surface area contributed by atoms with Crippen molar-refractivity contribution in [2.24, 2.45) is 0 Å². The van der Waals surface area contributed by atoms with E-state index < -0.39 is 6.17 Å². The maximum absolute atomic E-state index is 12.7. The molecule has 0 saturated heterocycles. The van der Waals surface area contributed by atoms with Crippen LogP contribution in [0.1, 0.15) is 29.7 Å². The minimum absolute atomic E-state index is 0.114. The molecule has 6 N–H and O–H groups in total. The van der Waals surface area contributed by atoms with Gasteiger partial charge in [0.15, 0.2) is 6.17 Å². The summed E-state index contributed by atoms with van der Waals surface area (Å²) in [5.41, 5.74) is 10.8. The maximum atomic E-state index is 12.7. The Morgan fingerprint density at radius 3 is 2.45 bits per heavy atom. The van der Waals surface area contributed by atoms with E-state index in [2.05, 4.69) is 20.9 Å². The lowest BCUT2D eigenvalue weighted by Crippen LogP contribution is -2.42. The van der Waals surface area contributed by atoms with Gasteiger partial charge >= 0.3 is 0 Å². The van der Waals surface area contributed by atoms with Gasteiger partial charge in [-0.3, -0.25) is 15.2 Å². The minimum Gasteiger partial charge on any atom is -0.398 e. The van der Waals surface area contributed by atoms with Crippen LogP contribution in [0.3, 0.4) is 0 Å². The van der Waals surface area contributed by atoms with Crippen LogP contribution in [0.5, 0.6) is 0 Å². The molecule has 4 rings (SSSR count). The molecule has 0 saturated carbocycles. The predicted octanol–water partition coefficient (Wildman–Crippen LogP) is 3.12. The van der Waals surface area contributed by atoms with Crippen molar-refractivity contribution >= 4 is 28.7 Å². The van der Waals surface area contributed by atoms with Gasteiger partial charge in [0, 0.05) is 29.2 Å². The molecule has 2 heterocycles. The van der Waals surface area contributed by atoms with Crippen LogP contribution in [-0.4, -0.2) is 22.8 Å². The molecule has 2 atom stereocenters. The highest BCUT2D eigenvalue weighted by Gasteiger charge is 2.28. The lowest BCUT2D eigenvalue weighted by Gasteiger charge is -2.18. The van der Waals surface area contributed by atoms with Crippen LogP contribution in [0, 0.1) is 5.41 Å². The van der Waals surface area contributed by atoms with E-state index in [1.54, 1.807) is 36.7 Å². The Morgan fingerprint density at radius 1 is 1.10 bits per heavy atom. The van der Waals surface area contributed by atoms with Gasteiger partial charge in [-0.25, -0.2) is 0 Å². The SMILES string of the molecule is CC(NC(=O)C1Nc2cc(N)c(C(=N)c3ccncc3)cc2N1)c1ccccc1. The van der Waals surface area contributed by atoms with Crippen molar-refractivity contribution in [1.82, 2.24) is 10.3 Å². The highest BCUT2D eigenvalue weighted by molar-refractivity contribution is 6.15. The number of hydrogen-bond donors (Lipinski definition) is 5.